The third kappa shape index (κ3) is 5.30. The second-order valence-corrected chi connectivity index (χ2v) is 14.3. The standard InChI is InChI=1S/C33H39FN6O6S/c1-4-46-30(43)26-22(36-28(29-35-8-11-47-29)37-27(26)20-6-5-7-21(34)19(20)2)13-38-9-10-39-23(24(38)15-45-3)14-40(31(39)44)33-16-32(17-33,18-33)12-25(41)42/h5-8,11,23-24,27H,4,9-10,12-18H2,1-3H3,(H,36,37)(H,41,42)/t23-,24-,27?,32?,33?/m1/s1. The molecule has 2 saturated heterocycles. The van der Waals surface area contributed by atoms with Crippen LogP contribution in [0.3, 0.4) is 0 Å². The zero-order valence-corrected chi connectivity index (χ0v) is 27.5. The van der Waals surface area contributed by atoms with E-state index in [2.05, 4.69) is 15.2 Å². The third-order valence-corrected chi connectivity index (χ3v) is 11.3. The van der Waals surface area contributed by atoms with Crippen LogP contribution in [0.15, 0.2) is 46.0 Å². The minimum atomic E-state index is -0.826. The van der Waals surface area contributed by atoms with Crippen LogP contribution in [0.4, 0.5) is 9.18 Å². The highest BCUT2D eigenvalue weighted by atomic mass is 32.1. The SMILES string of the molecule is CCOC(=O)C1=C(CN2CCN3C(=O)N(C45CC(CC(=O)O)(C4)C5)C[C@@H]3[C@H]2COC)NC(c2nccs2)=NC1c1cccc(F)c1C. The average molecular weight is 667 g/mol. The summed E-state index contributed by atoms with van der Waals surface area (Å²) in [6, 6.07) is 3.63. The average Bonchev–Trinajstić information content (AvgIpc) is 3.65. The maximum Gasteiger partial charge on any atom is 0.338 e. The van der Waals surface area contributed by atoms with Gasteiger partial charge < -0.3 is 29.7 Å². The second kappa shape index (κ2) is 12.0. The molecule has 3 saturated carbocycles. The van der Waals surface area contributed by atoms with Gasteiger partial charge in [0, 0.05) is 56.1 Å². The fraction of sp³-hybridized carbons (Fsp3) is 0.545. The highest BCUT2D eigenvalue weighted by Crippen LogP contribution is 2.72. The van der Waals surface area contributed by atoms with Crippen molar-refractivity contribution in [2.75, 3.05) is 46.5 Å². The number of carboxylic acid groups (broad SMARTS) is 1. The number of thiazole rings is 1. The molecule has 2 bridgehead atoms. The molecule has 4 heterocycles. The number of carbonyl (C=O) groups is 3. The van der Waals surface area contributed by atoms with Crippen molar-refractivity contribution in [1.29, 1.82) is 0 Å². The first-order chi connectivity index (χ1) is 22.6. The zero-order chi connectivity index (χ0) is 33.1. The minimum Gasteiger partial charge on any atom is -0.481 e. The lowest BCUT2D eigenvalue weighted by atomic mass is 9.38. The number of amidine groups is 1. The monoisotopic (exact) mass is 666 g/mol. The first kappa shape index (κ1) is 31.7. The molecule has 14 heteroatoms. The molecule has 2 aromatic rings. The fourth-order valence-corrected chi connectivity index (χ4v) is 9.17. The Labute approximate surface area is 276 Å². The van der Waals surface area contributed by atoms with E-state index in [1.807, 2.05) is 15.2 Å². The largest absolute Gasteiger partial charge is 0.481 e. The van der Waals surface area contributed by atoms with Gasteiger partial charge in [0.2, 0.25) is 0 Å². The quantitative estimate of drug-likeness (QED) is 0.346. The Balaban J connectivity index is 1.21. The normalized spacial score (nSPS) is 29.9. The van der Waals surface area contributed by atoms with Crippen molar-refractivity contribution in [3.63, 3.8) is 0 Å². The summed E-state index contributed by atoms with van der Waals surface area (Å²) in [4.78, 5) is 54.4. The van der Waals surface area contributed by atoms with Gasteiger partial charge >= 0.3 is 18.0 Å². The molecule has 3 aliphatic carbocycles. The van der Waals surface area contributed by atoms with Gasteiger partial charge in [-0.25, -0.2) is 19.0 Å². The second-order valence-electron chi connectivity index (χ2n) is 13.4. The summed E-state index contributed by atoms with van der Waals surface area (Å²) < 4.78 is 26.2. The van der Waals surface area contributed by atoms with Gasteiger partial charge in [0.1, 0.15) is 11.9 Å². The summed E-state index contributed by atoms with van der Waals surface area (Å²) in [5, 5.41) is 15.2. The number of aliphatic carboxylic acids is 1. The summed E-state index contributed by atoms with van der Waals surface area (Å²) in [6.07, 6.45) is 4.03. The van der Waals surface area contributed by atoms with Crippen LogP contribution < -0.4 is 5.32 Å². The number of rotatable bonds is 11. The van der Waals surface area contributed by atoms with Gasteiger partial charge in [-0.2, -0.15) is 0 Å². The smallest absolute Gasteiger partial charge is 0.338 e. The van der Waals surface area contributed by atoms with Crippen molar-refractivity contribution < 1.29 is 33.4 Å². The Morgan fingerprint density at radius 1 is 1.23 bits per heavy atom. The van der Waals surface area contributed by atoms with Gasteiger partial charge in [-0.15, -0.1) is 11.3 Å². The van der Waals surface area contributed by atoms with Crippen LogP contribution in [0, 0.1) is 18.2 Å². The van der Waals surface area contributed by atoms with Crippen molar-refractivity contribution in [2.24, 2.45) is 10.4 Å². The number of nitrogens with one attached hydrogen (secondary N) is 1. The lowest BCUT2D eigenvalue weighted by Crippen LogP contribution is -2.75. The summed E-state index contributed by atoms with van der Waals surface area (Å²) >= 11 is 1.41. The van der Waals surface area contributed by atoms with Crippen molar-refractivity contribution in [3.8, 4) is 0 Å². The summed E-state index contributed by atoms with van der Waals surface area (Å²) in [5.41, 5.74) is 1.42. The predicted molar refractivity (Wildman–Crippen MR) is 170 cm³/mol. The van der Waals surface area contributed by atoms with Crippen molar-refractivity contribution in [1.82, 2.24) is 25.0 Å². The molecule has 1 aromatic heterocycles. The molecule has 3 atom stereocenters. The van der Waals surface area contributed by atoms with E-state index >= 15 is 0 Å². The number of hydrogen-bond donors (Lipinski definition) is 2. The van der Waals surface area contributed by atoms with Gasteiger partial charge in [0.05, 0.1) is 37.3 Å². The molecule has 5 fully saturated rings. The third-order valence-electron chi connectivity index (χ3n) is 10.6. The maximum atomic E-state index is 14.9. The number of aromatic nitrogens is 1. The van der Waals surface area contributed by atoms with E-state index in [0.29, 0.717) is 66.0 Å². The lowest BCUT2D eigenvalue weighted by molar-refractivity contribution is -0.208. The molecule has 3 aliphatic heterocycles. The number of amides is 2. The zero-order valence-electron chi connectivity index (χ0n) is 26.7. The van der Waals surface area contributed by atoms with E-state index in [9.17, 15) is 23.9 Å². The number of hydrogen-bond acceptors (Lipinski definition) is 10. The number of urea groups is 1. The minimum absolute atomic E-state index is 0.00132. The van der Waals surface area contributed by atoms with Gasteiger partial charge in [-0.3, -0.25) is 14.7 Å². The van der Waals surface area contributed by atoms with Gasteiger partial charge in [-0.05, 0) is 55.7 Å². The lowest BCUT2D eigenvalue weighted by Gasteiger charge is -2.73. The molecule has 2 N–H and O–H groups in total. The molecule has 47 heavy (non-hydrogen) atoms. The molecule has 12 nitrogen and oxygen atoms in total. The Bertz CT molecular complexity index is 1640. The van der Waals surface area contributed by atoms with Gasteiger partial charge in [-0.1, -0.05) is 12.1 Å². The molecular weight excluding hydrogens is 627 g/mol. The molecule has 0 spiro atoms. The van der Waals surface area contributed by atoms with Crippen LogP contribution in [0.1, 0.15) is 54.8 Å². The van der Waals surface area contributed by atoms with Crippen LogP contribution in [-0.4, -0.2) is 113 Å². The number of esters is 1. The molecule has 1 aromatic carbocycles. The Morgan fingerprint density at radius 2 is 2.02 bits per heavy atom. The van der Waals surface area contributed by atoms with E-state index in [0.717, 1.165) is 19.3 Å². The van der Waals surface area contributed by atoms with Crippen molar-refractivity contribution in [2.45, 2.75) is 63.2 Å². The van der Waals surface area contributed by atoms with Crippen LogP contribution in [0.5, 0.6) is 0 Å². The number of aliphatic imine (C=N–C) groups is 1. The van der Waals surface area contributed by atoms with Crippen LogP contribution in [0.2, 0.25) is 0 Å². The topological polar surface area (TPSA) is 137 Å². The molecule has 0 radical (unpaired) electrons. The Kier molecular flexibility index (Phi) is 8.08. The number of benzene rings is 1. The number of halogens is 1. The van der Waals surface area contributed by atoms with E-state index in [1.54, 1.807) is 39.3 Å². The van der Waals surface area contributed by atoms with Gasteiger partial charge in [0.25, 0.3) is 0 Å². The molecular formula is C33H39FN6O6S. The summed E-state index contributed by atoms with van der Waals surface area (Å²) in [6.45, 7) is 5.82. The first-order valence-electron chi connectivity index (χ1n) is 16.0. The van der Waals surface area contributed by atoms with Crippen molar-refractivity contribution >= 4 is 35.1 Å². The first-order valence-corrected chi connectivity index (χ1v) is 16.9. The van der Waals surface area contributed by atoms with Crippen molar-refractivity contribution in [3.05, 3.63) is 63.0 Å². The van der Waals surface area contributed by atoms with Crippen LogP contribution in [0.25, 0.3) is 0 Å². The highest BCUT2D eigenvalue weighted by Gasteiger charge is 2.73. The highest BCUT2D eigenvalue weighted by molar-refractivity contribution is 7.11. The van der Waals surface area contributed by atoms with Gasteiger partial charge in [0.15, 0.2) is 10.8 Å². The van der Waals surface area contributed by atoms with E-state index in [1.165, 1.54) is 17.4 Å². The number of carbonyl (C=O) groups excluding carboxylic acids is 2. The maximum absolute atomic E-state index is 14.9. The number of ether oxygens (including phenoxy) is 2. The van der Waals surface area contributed by atoms with E-state index < -0.39 is 18.0 Å². The molecule has 6 aliphatic rings. The van der Waals surface area contributed by atoms with Crippen LogP contribution >= 0.6 is 11.3 Å². The number of nitrogens with zero attached hydrogens (tertiary/aromatic N) is 5. The summed E-state index contributed by atoms with van der Waals surface area (Å²) in [7, 11) is 1.64. The van der Waals surface area contributed by atoms with Crippen LogP contribution in [-0.2, 0) is 19.1 Å². The molecule has 250 valence electrons. The number of methoxy groups -OCH3 is 1. The number of fused-ring (bicyclic) bond motifs is 1. The summed E-state index contributed by atoms with van der Waals surface area (Å²) in [5.74, 6) is -1.22. The molecule has 2 amide bonds. The Morgan fingerprint density at radius 3 is 2.70 bits per heavy atom. The molecule has 8 rings (SSSR count). The Hall–Kier alpha value is -3.88. The van der Waals surface area contributed by atoms with E-state index in [4.69, 9.17) is 14.5 Å². The number of carboxylic acids is 1. The molecule has 1 unspecified atom stereocenters. The predicted octanol–water partition coefficient (Wildman–Crippen LogP) is 3.33. The number of piperazine rings is 1. The fourth-order valence-electron chi connectivity index (χ4n) is 8.58. The van der Waals surface area contributed by atoms with E-state index in [-0.39, 0.29) is 47.9 Å².